The number of benzene rings is 1. The van der Waals surface area contributed by atoms with Gasteiger partial charge in [-0.3, -0.25) is 9.59 Å². The van der Waals surface area contributed by atoms with Crippen LogP contribution in [-0.4, -0.2) is 46.3 Å². The molecule has 1 amide bonds. The minimum atomic E-state index is -0.467. The molecule has 134 valence electrons. The third kappa shape index (κ3) is 3.72. The van der Waals surface area contributed by atoms with E-state index in [0.717, 1.165) is 0 Å². The highest BCUT2D eigenvalue weighted by molar-refractivity contribution is 5.92. The molecular weight excluding hydrogens is 347 g/mol. The molecule has 0 radical (unpaired) electrons. The number of aromatic nitrogens is 2. The number of amides is 1. The molecule has 1 saturated heterocycles. The van der Waals surface area contributed by atoms with E-state index in [2.05, 4.69) is 10.4 Å². The Bertz CT molecular complexity index is 840. The SMILES string of the molecule is Cc1cc(=O)c(C(=O)N2CCNCC2C)nn1-c1ccccc1F.Cl. The maximum Gasteiger partial charge on any atom is 0.278 e. The highest BCUT2D eigenvalue weighted by Crippen LogP contribution is 2.14. The van der Waals surface area contributed by atoms with E-state index in [9.17, 15) is 14.0 Å². The minimum absolute atomic E-state index is 0. The highest BCUT2D eigenvalue weighted by atomic mass is 35.5. The number of carbonyl (C=O) groups is 1. The van der Waals surface area contributed by atoms with Crippen molar-refractivity contribution >= 4 is 18.3 Å². The number of nitrogens with zero attached hydrogens (tertiary/aromatic N) is 3. The molecule has 0 saturated carbocycles. The van der Waals surface area contributed by atoms with Crippen LogP contribution < -0.4 is 10.7 Å². The van der Waals surface area contributed by atoms with Gasteiger partial charge in [-0.05, 0) is 26.0 Å². The number of aryl methyl sites for hydroxylation is 1. The van der Waals surface area contributed by atoms with Crippen LogP contribution in [0.15, 0.2) is 35.1 Å². The average Bonchev–Trinajstić information content (AvgIpc) is 2.56. The Hall–Kier alpha value is -2.25. The van der Waals surface area contributed by atoms with Gasteiger partial charge in [0.05, 0.1) is 0 Å². The fraction of sp³-hybridized carbons (Fsp3) is 0.353. The van der Waals surface area contributed by atoms with Crippen molar-refractivity contribution in [2.75, 3.05) is 19.6 Å². The van der Waals surface area contributed by atoms with Crippen LogP contribution in [-0.2, 0) is 0 Å². The zero-order valence-corrected chi connectivity index (χ0v) is 14.8. The largest absolute Gasteiger partial charge is 0.332 e. The predicted octanol–water partition coefficient (Wildman–Crippen LogP) is 1.54. The molecule has 0 spiro atoms. The molecule has 0 aliphatic carbocycles. The Morgan fingerprint density at radius 2 is 2.08 bits per heavy atom. The third-order valence-electron chi connectivity index (χ3n) is 4.15. The molecule has 3 rings (SSSR count). The number of hydrogen-bond donors (Lipinski definition) is 1. The van der Waals surface area contributed by atoms with Gasteiger partial charge in [-0.15, -0.1) is 12.4 Å². The first kappa shape index (κ1) is 19.1. The third-order valence-corrected chi connectivity index (χ3v) is 4.15. The zero-order chi connectivity index (χ0) is 17.3. The van der Waals surface area contributed by atoms with Crippen molar-refractivity contribution in [2.24, 2.45) is 0 Å². The van der Waals surface area contributed by atoms with Gasteiger partial charge in [-0.2, -0.15) is 5.10 Å². The van der Waals surface area contributed by atoms with Crippen LogP contribution in [0.25, 0.3) is 5.69 Å². The van der Waals surface area contributed by atoms with E-state index in [-0.39, 0.29) is 29.8 Å². The number of rotatable bonds is 2. The summed E-state index contributed by atoms with van der Waals surface area (Å²) in [7, 11) is 0. The lowest BCUT2D eigenvalue weighted by Crippen LogP contribution is -2.53. The Balaban J connectivity index is 0.00000225. The smallest absolute Gasteiger partial charge is 0.278 e. The van der Waals surface area contributed by atoms with E-state index in [0.29, 0.717) is 25.3 Å². The summed E-state index contributed by atoms with van der Waals surface area (Å²) < 4.78 is 15.4. The maximum atomic E-state index is 14.1. The molecule has 1 aliphatic rings. The molecule has 1 fully saturated rings. The summed E-state index contributed by atoms with van der Waals surface area (Å²) in [4.78, 5) is 26.6. The van der Waals surface area contributed by atoms with Gasteiger partial charge in [0.25, 0.3) is 5.91 Å². The lowest BCUT2D eigenvalue weighted by Gasteiger charge is -2.33. The normalized spacial score (nSPS) is 17.1. The van der Waals surface area contributed by atoms with E-state index in [1.807, 2.05) is 6.92 Å². The fourth-order valence-electron chi connectivity index (χ4n) is 2.84. The summed E-state index contributed by atoms with van der Waals surface area (Å²) in [6.07, 6.45) is 0. The Labute approximate surface area is 151 Å². The molecule has 2 aromatic rings. The number of piperazine rings is 1. The molecule has 1 aliphatic heterocycles. The standard InChI is InChI=1S/C17H19FN4O2.ClH/c1-11-9-15(23)16(17(24)21-8-7-19-10-12(21)2)20-22(11)14-6-4-3-5-13(14)18;/h3-6,9,12,19H,7-8,10H2,1-2H3;1H. The summed E-state index contributed by atoms with van der Waals surface area (Å²) in [6, 6.07) is 7.41. The van der Waals surface area contributed by atoms with Crippen LogP contribution in [0.1, 0.15) is 23.1 Å². The van der Waals surface area contributed by atoms with E-state index in [1.54, 1.807) is 30.0 Å². The first-order valence-corrected chi connectivity index (χ1v) is 7.86. The van der Waals surface area contributed by atoms with E-state index < -0.39 is 17.2 Å². The number of hydrogen-bond acceptors (Lipinski definition) is 4. The first-order valence-electron chi connectivity index (χ1n) is 7.86. The van der Waals surface area contributed by atoms with Gasteiger partial charge < -0.3 is 10.2 Å². The summed E-state index contributed by atoms with van der Waals surface area (Å²) in [6.45, 7) is 5.41. The Morgan fingerprint density at radius 1 is 1.36 bits per heavy atom. The summed E-state index contributed by atoms with van der Waals surface area (Å²) in [5.74, 6) is -0.884. The van der Waals surface area contributed by atoms with Crippen LogP contribution >= 0.6 is 12.4 Å². The van der Waals surface area contributed by atoms with Crippen LogP contribution in [0.5, 0.6) is 0 Å². The minimum Gasteiger partial charge on any atom is -0.332 e. The maximum absolute atomic E-state index is 14.1. The highest BCUT2D eigenvalue weighted by Gasteiger charge is 2.27. The second-order valence-electron chi connectivity index (χ2n) is 5.91. The number of nitrogens with one attached hydrogen (secondary N) is 1. The second-order valence-corrected chi connectivity index (χ2v) is 5.91. The topological polar surface area (TPSA) is 67.2 Å². The molecule has 1 atom stereocenters. The average molecular weight is 367 g/mol. The number of carbonyl (C=O) groups excluding carboxylic acids is 1. The Morgan fingerprint density at radius 3 is 2.76 bits per heavy atom. The summed E-state index contributed by atoms with van der Waals surface area (Å²) in [5.41, 5.74) is 0.0424. The Kier molecular flexibility index (Phi) is 5.92. The van der Waals surface area contributed by atoms with Crippen LogP contribution in [0.3, 0.4) is 0 Å². The van der Waals surface area contributed by atoms with Crippen molar-refractivity contribution in [1.82, 2.24) is 20.0 Å². The number of halogens is 2. The fourth-order valence-corrected chi connectivity index (χ4v) is 2.84. The predicted molar refractivity (Wildman–Crippen MR) is 95.1 cm³/mol. The van der Waals surface area contributed by atoms with E-state index in [4.69, 9.17) is 0 Å². The van der Waals surface area contributed by atoms with Crippen molar-refractivity contribution in [3.8, 4) is 5.69 Å². The van der Waals surface area contributed by atoms with E-state index in [1.165, 1.54) is 16.8 Å². The van der Waals surface area contributed by atoms with Gasteiger partial charge in [-0.1, -0.05) is 12.1 Å². The molecular formula is C17H20ClFN4O2. The summed E-state index contributed by atoms with van der Waals surface area (Å²) >= 11 is 0. The van der Waals surface area contributed by atoms with Gasteiger partial charge in [0, 0.05) is 37.4 Å². The van der Waals surface area contributed by atoms with Crippen LogP contribution in [0.4, 0.5) is 4.39 Å². The van der Waals surface area contributed by atoms with Gasteiger partial charge in [0.15, 0.2) is 5.69 Å². The molecule has 25 heavy (non-hydrogen) atoms. The van der Waals surface area contributed by atoms with Crippen molar-refractivity contribution in [1.29, 1.82) is 0 Å². The zero-order valence-electron chi connectivity index (χ0n) is 14.0. The van der Waals surface area contributed by atoms with Gasteiger partial charge >= 0.3 is 0 Å². The quantitative estimate of drug-likeness (QED) is 0.875. The van der Waals surface area contributed by atoms with Crippen molar-refractivity contribution < 1.29 is 9.18 Å². The van der Waals surface area contributed by atoms with Crippen molar-refractivity contribution in [2.45, 2.75) is 19.9 Å². The molecule has 0 bridgehead atoms. The first-order chi connectivity index (χ1) is 11.5. The van der Waals surface area contributed by atoms with Crippen LogP contribution in [0.2, 0.25) is 0 Å². The van der Waals surface area contributed by atoms with Gasteiger partial charge in [0.1, 0.15) is 11.5 Å². The van der Waals surface area contributed by atoms with Crippen molar-refractivity contribution in [3.05, 3.63) is 57.8 Å². The summed E-state index contributed by atoms with van der Waals surface area (Å²) in [5, 5.41) is 7.36. The van der Waals surface area contributed by atoms with Crippen molar-refractivity contribution in [3.63, 3.8) is 0 Å². The van der Waals surface area contributed by atoms with Gasteiger partial charge in [-0.25, -0.2) is 9.07 Å². The van der Waals surface area contributed by atoms with E-state index >= 15 is 0 Å². The molecule has 8 heteroatoms. The molecule has 1 N–H and O–H groups in total. The monoisotopic (exact) mass is 366 g/mol. The number of para-hydroxylation sites is 1. The lowest BCUT2D eigenvalue weighted by atomic mass is 10.2. The van der Waals surface area contributed by atoms with Gasteiger partial charge in [0.2, 0.25) is 5.43 Å². The lowest BCUT2D eigenvalue weighted by molar-refractivity contribution is 0.0646. The molecule has 1 aromatic carbocycles. The molecule has 1 aromatic heterocycles. The molecule has 6 nitrogen and oxygen atoms in total. The second kappa shape index (κ2) is 7.76. The molecule has 1 unspecified atom stereocenters. The van der Waals surface area contributed by atoms with Crippen LogP contribution in [0, 0.1) is 12.7 Å². The molecule has 2 heterocycles.